The molecule has 1 aromatic rings. The summed E-state index contributed by atoms with van der Waals surface area (Å²) in [6, 6.07) is 9.17. The topological polar surface area (TPSA) is 29.3 Å². The minimum atomic E-state index is 0.296. The number of hydrogen-bond acceptors (Lipinski definition) is 2. The van der Waals surface area contributed by atoms with E-state index in [4.69, 9.17) is 5.73 Å². The second kappa shape index (κ2) is 5.54. The molecule has 0 bridgehead atoms. The van der Waals surface area contributed by atoms with Crippen LogP contribution >= 0.6 is 0 Å². The Morgan fingerprint density at radius 3 is 2.47 bits per heavy atom. The van der Waals surface area contributed by atoms with E-state index >= 15 is 0 Å². The second-order valence-corrected chi connectivity index (χ2v) is 5.36. The molecular weight excluding hydrogens is 208 g/mol. The Kier molecular flexibility index (Phi) is 4.06. The van der Waals surface area contributed by atoms with Gasteiger partial charge in [0.15, 0.2) is 0 Å². The Labute approximate surface area is 105 Å². The summed E-state index contributed by atoms with van der Waals surface area (Å²) in [4.78, 5) is 2.36. The molecule has 17 heavy (non-hydrogen) atoms. The molecule has 0 heterocycles. The summed E-state index contributed by atoms with van der Waals surface area (Å²) >= 11 is 0. The molecule has 1 fully saturated rings. The van der Waals surface area contributed by atoms with Crippen molar-refractivity contribution in [1.82, 2.24) is 0 Å². The molecule has 0 amide bonds. The van der Waals surface area contributed by atoms with Gasteiger partial charge in [0, 0.05) is 25.3 Å². The van der Waals surface area contributed by atoms with Crippen molar-refractivity contribution in [1.29, 1.82) is 0 Å². The van der Waals surface area contributed by atoms with Crippen LogP contribution in [-0.4, -0.2) is 19.6 Å². The van der Waals surface area contributed by atoms with Crippen LogP contribution < -0.4 is 10.6 Å². The fourth-order valence-corrected chi connectivity index (χ4v) is 2.13. The van der Waals surface area contributed by atoms with Crippen molar-refractivity contribution < 1.29 is 0 Å². The quantitative estimate of drug-likeness (QED) is 0.817. The van der Waals surface area contributed by atoms with Gasteiger partial charge in [0.25, 0.3) is 0 Å². The molecule has 0 aliphatic heterocycles. The molecule has 1 atom stereocenters. The molecule has 0 radical (unpaired) electrons. The first kappa shape index (κ1) is 12.4. The van der Waals surface area contributed by atoms with Crippen LogP contribution in [0.3, 0.4) is 0 Å². The van der Waals surface area contributed by atoms with Crippen molar-refractivity contribution in [2.75, 3.05) is 18.5 Å². The van der Waals surface area contributed by atoms with Gasteiger partial charge in [0.1, 0.15) is 0 Å². The lowest BCUT2D eigenvalue weighted by Crippen LogP contribution is -2.22. The van der Waals surface area contributed by atoms with Crippen LogP contribution in [0.25, 0.3) is 0 Å². The van der Waals surface area contributed by atoms with E-state index in [-0.39, 0.29) is 0 Å². The summed E-state index contributed by atoms with van der Waals surface area (Å²) < 4.78 is 0. The number of nitrogens with two attached hydrogens (primary N) is 1. The largest absolute Gasteiger partial charge is 0.374 e. The fourth-order valence-electron chi connectivity index (χ4n) is 2.13. The summed E-state index contributed by atoms with van der Waals surface area (Å²) in [5.74, 6) is 0.938. The monoisotopic (exact) mass is 232 g/mol. The van der Waals surface area contributed by atoms with E-state index in [1.807, 2.05) is 0 Å². The Morgan fingerprint density at radius 1 is 1.29 bits per heavy atom. The average Bonchev–Trinajstić information content (AvgIpc) is 3.13. The summed E-state index contributed by atoms with van der Waals surface area (Å²) in [6.07, 6.45) is 4.86. The molecule has 94 valence electrons. The maximum atomic E-state index is 5.97. The highest BCUT2D eigenvalue weighted by molar-refractivity contribution is 5.47. The van der Waals surface area contributed by atoms with Gasteiger partial charge in [-0.25, -0.2) is 0 Å². The summed E-state index contributed by atoms with van der Waals surface area (Å²) in [7, 11) is 2.19. The molecule has 0 spiro atoms. The predicted octanol–water partition coefficient (Wildman–Crippen LogP) is 2.81. The van der Waals surface area contributed by atoms with Crippen molar-refractivity contribution in [2.24, 2.45) is 11.7 Å². The molecule has 2 heteroatoms. The van der Waals surface area contributed by atoms with E-state index in [0.717, 1.165) is 18.8 Å². The van der Waals surface area contributed by atoms with Crippen LogP contribution in [0.4, 0.5) is 5.69 Å². The van der Waals surface area contributed by atoms with Crippen LogP contribution in [0.15, 0.2) is 24.3 Å². The standard InChI is InChI=1S/C15H24N2/c1-3-14(16)10-12-6-8-15(9-7-12)17(2)11-13-4-5-13/h6-9,13-14H,3-5,10-11,16H2,1-2H3. The summed E-state index contributed by atoms with van der Waals surface area (Å²) in [6.45, 7) is 3.34. The van der Waals surface area contributed by atoms with Gasteiger partial charge >= 0.3 is 0 Å². The number of hydrogen-bond donors (Lipinski definition) is 1. The zero-order valence-electron chi connectivity index (χ0n) is 11.0. The van der Waals surface area contributed by atoms with Crippen molar-refractivity contribution in [3.8, 4) is 0 Å². The van der Waals surface area contributed by atoms with Crippen LogP contribution in [0.1, 0.15) is 31.7 Å². The molecule has 1 unspecified atom stereocenters. The van der Waals surface area contributed by atoms with Gasteiger partial charge in [-0.15, -0.1) is 0 Å². The average molecular weight is 232 g/mol. The lowest BCUT2D eigenvalue weighted by Gasteiger charge is -2.19. The third-order valence-electron chi connectivity index (χ3n) is 3.63. The molecule has 1 aliphatic carbocycles. The van der Waals surface area contributed by atoms with Gasteiger partial charge in [-0.2, -0.15) is 0 Å². The van der Waals surface area contributed by atoms with Crippen molar-refractivity contribution >= 4 is 5.69 Å². The molecule has 2 rings (SSSR count). The first-order valence-electron chi connectivity index (χ1n) is 6.74. The first-order valence-corrected chi connectivity index (χ1v) is 6.74. The van der Waals surface area contributed by atoms with E-state index in [1.54, 1.807) is 0 Å². The van der Waals surface area contributed by atoms with E-state index in [2.05, 4.69) is 43.1 Å². The van der Waals surface area contributed by atoms with Crippen LogP contribution in [0.2, 0.25) is 0 Å². The number of anilines is 1. The first-order chi connectivity index (χ1) is 8.19. The summed E-state index contributed by atoms with van der Waals surface area (Å²) in [5, 5.41) is 0. The fraction of sp³-hybridized carbons (Fsp3) is 0.600. The molecule has 1 aromatic carbocycles. The van der Waals surface area contributed by atoms with E-state index in [9.17, 15) is 0 Å². The van der Waals surface area contributed by atoms with Crippen LogP contribution in [0, 0.1) is 5.92 Å². The Balaban J connectivity index is 1.91. The molecule has 0 aromatic heterocycles. The SMILES string of the molecule is CCC(N)Cc1ccc(N(C)CC2CC2)cc1. The molecule has 0 saturated heterocycles. The van der Waals surface area contributed by atoms with Crippen molar-refractivity contribution in [2.45, 2.75) is 38.6 Å². The van der Waals surface area contributed by atoms with Gasteiger partial charge in [0.2, 0.25) is 0 Å². The maximum Gasteiger partial charge on any atom is 0.0363 e. The highest BCUT2D eigenvalue weighted by Crippen LogP contribution is 2.30. The van der Waals surface area contributed by atoms with Gasteiger partial charge in [0.05, 0.1) is 0 Å². The van der Waals surface area contributed by atoms with Crippen molar-refractivity contribution in [3.05, 3.63) is 29.8 Å². The smallest absolute Gasteiger partial charge is 0.0363 e. The lowest BCUT2D eigenvalue weighted by molar-refractivity contribution is 0.646. The number of rotatable bonds is 6. The number of benzene rings is 1. The molecule has 1 aliphatic rings. The molecule has 2 nitrogen and oxygen atoms in total. The van der Waals surface area contributed by atoms with Gasteiger partial charge in [-0.05, 0) is 49.3 Å². The zero-order valence-corrected chi connectivity index (χ0v) is 11.0. The van der Waals surface area contributed by atoms with E-state index in [1.165, 1.54) is 30.6 Å². The minimum Gasteiger partial charge on any atom is -0.374 e. The van der Waals surface area contributed by atoms with Crippen LogP contribution in [0.5, 0.6) is 0 Å². The van der Waals surface area contributed by atoms with Gasteiger partial charge in [-0.3, -0.25) is 0 Å². The van der Waals surface area contributed by atoms with E-state index < -0.39 is 0 Å². The Morgan fingerprint density at radius 2 is 1.94 bits per heavy atom. The molecule has 2 N–H and O–H groups in total. The third kappa shape index (κ3) is 3.74. The third-order valence-corrected chi connectivity index (χ3v) is 3.63. The highest BCUT2D eigenvalue weighted by atomic mass is 15.1. The lowest BCUT2D eigenvalue weighted by atomic mass is 10.0. The van der Waals surface area contributed by atoms with Gasteiger partial charge in [-0.1, -0.05) is 19.1 Å². The Bertz CT molecular complexity index is 340. The minimum absolute atomic E-state index is 0.296. The van der Waals surface area contributed by atoms with Crippen molar-refractivity contribution in [3.63, 3.8) is 0 Å². The molecular formula is C15H24N2. The zero-order chi connectivity index (χ0) is 12.3. The van der Waals surface area contributed by atoms with E-state index in [0.29, 0.717) is 6.04 Å². The second-order valence-electron chi connectivity index (χ2n) is 5.36. The number of nitrogens with zero attached hydrogens (tertiary/aromatic N) is 1. The maximum absolute atomic E-state index is 5.97. The predicted molar refractivity (Wildman–Crippen MR) is 74.4 cm³/mol. The Hall–Kier alpha value is -1.02. The summed E-state index contributed by atoms with van der Waals surface area (Å²) in [5.41, 5.74) is 8.64. The highest BCUT2D eigenvalue weighted by Gasteiger charge is 2.22. The van der Waals surface area contributed by atoms with Gasteiger partial charge < -0.3 is 10.6 Å². The normalized spacial score (nSPS) is 16.9. The van der Waals surface area contributed by atoms with Crippen LogP contribution in [-0.2, 0) is 6.42 Å². The molecule has 1 saturated carbocycles.